The van der Waals surface area contributed by atoms with E-state index < -0.39 is 0 Å². The van der Waals surface area contributed by atoms with Gasteiger partial charge in [-0.05, 0) is 12.0 Å². The maximum absolute atomic E-state index is 10.9. The summed E-state index contributed by atoms with van der Waals surface area (Å²) in [7, 11) is 0. The highest BCUT2D eigenvalue weighted by molar-refractivity contribution is 5.86. The van der Waals surface area contributed by atoms with E-state index in [1.807, 2.05) is 0 Å². The van der Waals surface area contributed by atoms with Gasteiger partial charge >= 0.3 is 0 Å². The van der Waals surface area contributed by atoms with Gasteiger partial charge in [0.25, 0.3) is 0 Å². The van der Waals surface area contributed by atoms with Gasteiger partial charge in [-0.15, -0.1) is 0 Å². The molecule has 0 saturated heterocycles. The summed E-state index contributed by atoms with van der Waals surface area (Å²) in [5, 5.41) is 0. The molecule has 0 aromatic heterocycles. The van der Waals surface area contributed by atoms with Crippen LogP contribution in [0.4, 0.5) is 0 Å². The van der Waals surface area contributed by atoms with E-state index >= 15 is 0 Å². The van der Waals surface area contributed by atoms with Crippen LogP contribution < -0.4 is 5.73 Å². The minimum absolute atomic E-state index is 0.101. The van der Waals surface area contributed by atoms with E-state index in [-0.39, 0.29) is 10.8 Å². The molecule has 1 fully saturated rings. The van der Waals surface area contributed by atoms with Crippen molar-refractivity contribution in [3.8, 4) is 0 Å². The predicted molar refractivity (Wildman–Crippen MR) is 45.2 cm³/mol. The summed E-state index contributed by atoms with van der Waals surface area (Å²) < 4.78 is 0. The van der Waals surface area contributed by atoms with E-state index in [9.17, 15) is 4.79 Å². The summed E-state index contributed by atoms with van der Waals surface area (Å²) in [5.41, 5.74) is 5.94. The van der Waals surface area contributed by atoms with Crippen LogP contribution in [0.1, 0.15) is 33.6 Å². The highest BCUT2D eigenvalue weighted by Gasteiger charge is 2.50. The average Bonchev–Trinajstić information content (AvgIpc) is 1.77. The number of carbonyl (C=O) groups excluding carboxylic acids is 1. The number of nitrogens with two attached hydrogens (primary N) is 1. The van der Waals surface area contributed by atoms with Gasteiger partial charge in [-0.1, -0.05) is 20.8 Å². The zero-order valence-electron chi connectivity index (χ0n) is 7.61. The van der Waals surface area contributed by atoms with E-state index in [4.69, 9.17) is 5.73 Å². The number of ketones is 1. The second-order valence-corrected chi connectivity index (χ2v) is 4.63. The van der Waals surface area contributed by atoms with E-state index in [0.29, 0.717) is 25.2 Å². The number of hydrogen-bond donors (Lipinski definition) is 1. The summed E-state index contributed by atoms with van der Waals surface area (Å²) in [5.74, 6) is 0.366. The molecule has 0 unspecified atom stereocenters. The van der Waals surface area contributed by atoms with Crippen molar-refractivity contribution in [2.75, 3.05) is 6.54 Å². The van der Waals surface area contributed by atoms with Gasteiger partial charge in [-0.2, -0.15) is 0 Å². The van der Waals surface area contributed by atoms with Crippen molar-refractivity contribution in [2.24, 2.45) is 16.6 Å². The molecule has 2 N–H and O–H groups in total. The second kappa shape index (κ2) is 2.31. The van der Waals surface area contributed by atoms with Gasteiger partial charge in [0.1, 0.15) is 5.78 Å². The molecule has 1 aliphatic rings. The molecule has 1 aliphatic carbocycles. The van der Waals surface area contributed by atoms with E-state index in [0.717, 1.165) is 0 Å². The minimum atomic E-state index is 0.101. The van der Waals surface area contributed by atoms with Crippen LogP contribution in [0.2, 0.25) is 0 Å². The van der Waals surface area contributed by atoms with Gasteiger partial charge in [-0.25, -0.2) is 0 Å². The van der Waals surface area contributed by atoms with Crippen LogP contribution in [0.3, 0.4) is 0 Å². The van der Waals surface area contributed by atoms with Crippen LogP contribution in [0.15, 0.2) is 0 Å². The number of carbonyl (C=O) groups is 1. The Bertz CT molecular complexity index is 170. The van der Waals surface area contributed by atoms with Crippen molar-refractivity contribution >= 4 is 5.78 Å². The second-order valence-electron chi connectivity index (χ2n) is 4.63. The zero-order chi connectivity index (χ0) is 8.70. The highest BCUT2D eigenvalue weighted by Crippen LogP contribution is 2.50. The van der Waals surface area contributed by atoms with Crippen LogP contribution in [0, 0.1) is 10.8 Å². The molecule has 0 bridgehead atoms. The summed E-state index contributed by atoms with van der Waals surface area (Å²) in [6.45, 7) is 7.12. The first kappa shape index (κ1) is 8.72. The number of hydrogen-bond acceptors (Lipinski definition) is 2. The Labute approximate surface area is 68.2 Å². The average molecular weight is 155 g/mol. The fraction of sp³-hybridized carbons (Fsp3) is 0.889. The van der Waals surface area contributed by atoms with Gasteiger partial charge in [0, 0.05) is 18.3 Å². The van der Waals surface area contributed by atoms with Gasteiger partial charge in [-0.3, -0.25) is 4.79 Å². The van der Waals surface area contributed by atoms with Crippen molar-refractivity contribution in [2.45, 2.75) is 33.6 Å². The van der Waals surface area contributed by atoms with Crippen LogP contribution in [0.5, 0.6) is 0 Å². The molecule has 11 heavy (non-hydrogen) atoms. The maximum Gasteiger partial charge on any atom is 0.134 e. The molecule has 0 spiro atoms. The first-order valence-electron chi connectivity index (χ1n) is 4.13. The Kier molecular flexibility index (Phi) is 1.83. The monoisotopic (exact) mass is 155 g/mol. The van der Waals surface area contributed by atoms with Gasteiger partial charge < -0.3 is 5.73 Å². The quantitative estimate of drug-likeness (QED) is 0.621. The summed E-state index contributed by atoms with van der Waals surface area (Å²) in [6, 6.07) is 0. The van der Waals surface area contributed by atoms with Gasteiger partial charge in [0.15, 0.2) is 0 Å². The SMILES string of the molecule is CC(C)(C)C1(CN)CC(=O)C1. The molecule has 2 nitrogen and oxygen atoms in total. The van der Waals surface area contributed by atoms with E-state index in [1.54, 1.807) is 0 Å². The summed E-state index contributed by atoms with van der Waals surface area (Å²) in [4.78, 5) is 10.9. The molecule has 0 amide bonds. The molecule has 0 aromatic rings. The third kappa shape index (κ3) is 1.20. The van der Waals surface area contributed by atoms with E-state index in [2.05, 4.69) is 20.8 Å². The highest BCUT2D eigenvalue weighted by atomic mass is 16.1. The van der Waals surface area contributed by atoms with Crippen molar-refractivity contribution in [3.05, 3.63) is 0 Å². The minimum Gasteiger partial charge on any atom is -0.330 e. The molecular formula is C9H17NO. The van der Waals surface area contributed by atoms with Crippen molar-refractivity contribution in [1.29, 1.82) is 0 Å². The third-order valence-corrected chi connectivity index (χ3v) is 3.05. The van der Waals surface area contributed by atoms with Gasteiger partial charge in [0.05, 0.1) is 0 Å². The topological polar surface area (TPSA) is 43.1 Å². The van der Waals surface area contributed by atoms with Crippen LogP contribution in [0.25, 0.3) is 0 Å². The van der Waals surface area contributed by atoms with Crippen molar-refractivity contribution in [3.63, 3.8) is 0 Å². The predicted octanol–water partition coefficient (Wildman–Crippen LogP) is 1.34. The molecular weight excluding hydrogens is 138 g/mol. The molecule has 0 atom stereocenters. The Balaban J connectivity index is 2.72. The number of rotatable bonds is 1. The lowest BCUT2D eigenvalue weighted by Crippen LogP contribution is -2.52. The van der Waals surface area contributed by atoms with E-state index in [1.165, 1.54) is 0 Å². The Morgan fingerprint density at radius 2 is 1.91 bits per heavy atom. The lowest BCUT2D eigenvalue weighted by Gasteiger charge is -2.49. The fourth-order valence-corrected chi connectivity index (χ4v) is 1.68. The molecule has 0 aliphatic heterocycles. The van der Waals surface area contributed by atoms with Crippen LogP contribution >= 0.6 is 0 Å². The lowest BCUT2D eigenvalue weighted by molar-refractivity contribution is -0.139. The third-order valence-electron chi connectivity index (χ3n) is 3.05. The van der Waals surface area contributed by atoms with Crippen LogP contribution in [-0.4, -0.2) is 12.3 Å². The maximum atomic E-state index is 10.9. The van der Waals surface area contributed by atoms with Gasteiger partial charge in [0.2, 0.25) is 0 Å². The molecule has 0 heterocycles. The Hall–Kier alpha value is -0.370. The Morgan fingerprint density at radius 3 is 2.00 bits per heavy atom. The molecule has 2 heteroatoms. The van der Waals surface area contributed by atoms with Crippen molar-refractivity contribution in [1.82, 2.24) is 0 Å². The first-order chi connectivity index (χ1) is 4.91. The first-order valence-corrected chi connectivity index (χ1v) is 4.13. The fourth-order valence-electron chi connectivity index (χ4n) is 1.68. The summed E-state index contributed by atoms with van der Waals surface area (Å²) in [6.07, 6.45) is 1.38. The zero-order valence-corrected chi connectivity index (χ0v) is 7.61. The molecule has 0 aromatic carbocycles. The Morgan fingerprint density at radius 1 is 1.45 bits per heavy atom. The molecule has 64 valence electrons. The smallest absolute Gasteiger partial charge is 0.134 e. The largest absolute Gasteiger partial charge is 0.330 e. The standard InChI is InChI=1S/C9H17NO/c1-8(2,3)9(6-10)4-7(11)5-9/h4-6,10H2,1-3H3. The van der Waals surface area contributed by atoms with Crippen LogP contribution in [-0.2, 0) is 4.79 Å². The number of Topliss-reactive ketones (excluding diaryl/α,β-unsaturated/α-hetero) is 1. The molecule has 1 saturated carbocycles. The normalized spacial score (nSPS) is 23.1. The summed E-state index contributed by atoms with van der Waals surface area (Å²) >= 11 is 0. The van der Waals surface area contributed by atoms with Crippen molar-refractivity contribution < 1.29 is 4.79 Å². The lowest BCUT2D eigenvalue weighted by atomic mass is 9.54. The molecule has 0 radical (unpaired) electrons. The molecule has 1 rings (SSSR count).